The van der Waals surface area contributed by atoms with E-state index in [4.69, 9.17) is 5.73 Å². The number of hydrogen-bond acceptors (Lipinski definition) is 2. The molecule has 8 heteroatoms. The van der Waals surface area contributed by atoms with E-state index in [-0.39, 0.29) is 12.3 Å². The minimum Gasteiger partial charge on any atom is -0.327 e. The first-order valence-corrected chi connectivity index (χ1v) is 5.73. The highest BCUT2D eigenvalue weighted by molar-refractivity contribution is 5.91. The number of anilines is 1. The van der Waals surface area contributed by atoms with E-state index < -0.39 is 46.7 Å². The van der Waals surface area contributed by atoms with E-state index in [9.17, 15) is 26.7 Å². The lowest BCUT2D eigenvalue weighted by Crippen LogP contribution is -2.32. The molecule has 0 radical (unpaired) electrons. The molecule has 0 bridgehead atoms. The summed E-state index contributed by atoms with van der Waals surface area (Å²) in [6.45, 7) is 3.44. The molecular formula is C12H13F5N2O. The standard InChI is InChI=1S/C12H13F5N2O/c1-4(2)5(18)3-6(20)19-12-10(16)8(14)7(13)9(15)11(12)17/h4-5H,3,18H2,1-2H3,(H,19,20). The number of carbonyl (C=O) groups excluding carboxylic acids is 1. The van der Waals surface area contributed by atoms with Crippen molar-refractivity contribution in [1.82, 2.24) is 0 Å². The van der Waals surface area contributed by atoms with Gasteiger partial charge in [0.15, 0.2) is 23.3 Å². The molecule has 1 atom stereocenters. The number of rotatable bonds is 4. The SMILES string of the molecule is CC(C)C(N)CC(=O)Nc1c(F)c(F)c(F)c(F)c1F. The van der Waals surface area contributed by atoms with Crippen LogP contribution in [0.4, 0.5) is 27.6 Å². The first-order chi connectivity index (χ1) is 9.16. The zero-order chi connectivity index (χ0) is 15.6. The molecule has 0 aromatic heterocycles. The monoisotopic (exact) mass is 296 g/mol. The van der Waals surface area contributed by atoms with Crippen molar-refractivity contribution in [3.8, 4) is 0 Å². The molecule has 20 heavy (non-hydrogen) atoms. The second-order valence-corrected chi connectivity index (χ2v) is 4.61. The van der Waals surface area contributed by atoms with Crippen LogP contribution in [0.1, 0.15) is 20.3 Å². The number of carbonyl (C=O) groups is 1. The summed E-state index contributed by atoms with van der Waals surface area (Å²) < 4.78 is 65.2. The van der Waals surface area contributed by atoms with Crippen molar-refractivity contribution in [1.29, 1.82) is 0 Å². The lowest BCUT2D eigenvalue weighted by atomic mass is 10.0. The highest BCUT2D eigenvalue weighted by Crippen LogP contribution is 2.27. The van der Waals surface area contributed by atoms with Gasteiger partial charge in [-0.15, -0.1) is 0 Å². The molecule has 3 nitrogen and oxygen atoms in total. The van der Waals surface area contributed by atoms with E-state index in [0.717, 1.165) is 0 Å². The molecule has 3 N–H and O–H groups in total. The molecule has 1 amide bonds. The first kappa shape index (κ1) is 16.4. The van der Waals surface area contributed by atoms with Gasteiger partial charge in [-0.2, -0.15) is 0 Å². The Balaban J connectivity index is 3.02. The van der Waals surface area contributed by atoms with Gasteiger partial charge in [-0.25, -0.2) is 22.0 Å². The summed E-state index contributed by atoms with van der Waals surface area (Å²) in [5.41, 5.74) is 4.20. The number of nitrogens with two attached hydrogens (primary N) is 1. The molecule has 0 aliphatic rings. The quantitative estimate of drug-likeness (QED) is 0.510. The Morgan fingerprint density at radius 3 is 1.80 bits per heavy atom. The molecule has 1 unspecified atom stereocenters. The van der Waals surface area contributed by atoms with Gasteiger partial charge in [0.1, 0.15) is 5.69 Å². The van der Waals surface area contributed by atoms with E-state index in [1.807, 2.05) is 0 Å². The van der Waals surface area contributed by atoms with Crippen molar-refractivity contribution in [2.24, 2.45) is 11.7 Å². The predicted octanol–water partition coefficient (Wildman–Crippen LogP) is 2.69. The molecule has 0 aliphatic heterocycles. The maximum absolute atomic E-state index is 13.3. The van der Waals surface area contributed by atoms with Gasteiger partial charge in [0.25, 0.3) is 0 Å². The number of hydrogen-bond donors (Lipinski definition) is 2. The second kappa shape index (κ2) is 6.17. The number of halogens is 5. The third-order valence-electron chi connectivity index (χ3n) is 2.75. The molecule has 0 heterocycles. The molecule has 1 aromatic rings. The molecule has 112 valence electrons. The van der Waals surface area contributed by atoms with Gasteiger partial charge < -0.3 is 11.1 Å². The Kier molecular flexibility index (Phi) is 5.04. The molecule has 1 rings (SSSR count). The smallest absolute Gasteiger partial charge is 0.226 e. The third kappa shape index (κ3) is 3.24. The lowest BCUT2D eigenvalue weighted by Gasteiger charge is -2.15. The number of nitrogens with one attached hydrogen (secondary N) is 1. The van der Waals surface area contributed by atoms with Crippen molar-refractivity contribution in [3.63, 3.8) is 0 Å². The maximum Gasteiger partial charge on any atom is 0.226 e. The molecule has 0 saturated heterocycles. The van der Waals surface area contributed by atoms with Crippen molar-refractivity contribution in [2.45, 2.75) is 26.3 Å². The lowest BCUT2D eigenvalue weighted by molar-refractivity contribution is -0.116. The fraction of sp³-hybridized carbons (Fsp3) is 0.417. The summed E-state index contributed by atoms with van der Waals surface area (Å²) in [6.07, 6.45) is -0.308. The summed E-state index contributed by atoms with van der Waals surface area (Å²) in [5.74, 6) is -11.7. The number of amides is 1. The average Bonchev–Trinajstić information content (AvgIpc) is 2.39. The second-order valence-electron chi connectivity index (χ2n) is 4.61. The highest BCUT2D eigenvalue weighted by atomic mass is 19.2. The minimum atomic E-state index is -2.28. The van der Waals surface area contributed by atoms with Crippen LogP contribution in [-0.2, 0) is 4.79 Å². The average molecular weight is 296 g/mol. The Hall–Kier alpha value is -1.70. The zero-order valence-corrected chi connectivity index (χ0v) is 10.7. The zero-order valence-electron chi connectivity index (χ0n) is 10.7. The van der Waals surface area contributed by atoms with Crippen molar-refractivity contribution in [2.75, 3.05) is 5.32 Å². The van der Waals surface area contributed by atoms with Crippen LogP contribution in [0, 0.1) is 35.0 Å². The van der Waals surface area contributed by atoms with Crippen LogP contribution >= 0.6 is 0 Å². The van der Waals surface area contributed by atoms with Crippen LogP contribution in [0.5, 0.6) is 0 Å². The van der Waals surface area contributed by atoms with Gasteiger partial charge in [0.05, 0.1) is 0 Å². The highest BCUT2D eigenvalue weighted by Gasteiger charge is 2.27. The summed E-state index contributed by atoms with van der Waals surface area (Å²) in [6, 6.07) is -0.601. The van der Waals surface area contributed by atoms with Crippen LogP contribution < -0.4 is 11.1 Å². The van der Waals surface area contributed by atoms with Gasteiger partial charge in [0.2, 0.25) is 11.7 Å². The van der Waals surface area contributed by atoms with Crippen LogP contribution in [0.2, 0.25) is 0 Å². The summed E-state index contributed by atoms with van der Waals surface area (Å²) >= 11 is 0. The Labute approximate surface area is 112 Å². The van der Waals surface area contributed by atoms with E-state index in [2.05, 4.69) is 0 Å². The third-order valence-corrected chi connectivity index (χ3v) is 2.75. The summed E-state index contributed by atoms with van der Waals surface area (Å²) in [7, 11) is 0. The topological polar surface area (TPSA) is 55.1 Å². The van der Waals surface area contributed by atoms with Gasteiger partial charge in [-0.05, 0) is 5.92 Å². The van der Waals surface area contributed by atoms with Crippen LogP contribution in [0.25, 0.3) is 0 Å². The van der Waals surface area contributed by atoms with Crippen LogP contribution in [-0.4, -0.2) is 11.9 Å². The minimum absolute atomic E-state index is 0.0860. The molecule has 0 aliphatic carbocycles. The van der Waals surface area contributed by atoms with Crippen molar-refractivity contribution in [3.05, 3.63) is 29.1 Å². The van der Waals surface area contributed by atoms with Gasteiger partial charge >= 0.3 is 0 Å². The molecule has 0 spiro atoms. The maximum atomic E-state index is 13.3. The van der Waals surface area contributed by atoms with Gasteiger partial charge in [0, 0.05) is 12.5 Å². The largest absolute Gasteiger partial charge is 0.327 e. The van der Waals surface area contributed by atoms with Crippen LogP contribution in [0.15, 0.2) is 0 Å². The fourth-order valence-corrected chi connectivity index (χ4v) is 1.35. The van der Waals surface area contributed by atoms with E-state index in [1.165, 1.54) is 0 Å². The Morgan fingerprint density at radius 1 is 1.00 bits per heavy atom. The van der Waals surface area contributed by atoms with E-state index >= 15 is 0 Å². The van der Waals surface area contributed by atoms with Gasteiger partial charge in [-0.1, -0.05) is 13.8 Å². The molecule has 0 fully saturated rings. The molecular weight excluding hydrogens is 283 g/mol. The van der Waals surface area contributed by atoms with E-state index in [0.29, 0.717) is 0 Å². The summed E-state index contributed by atoms with van der Waals surface area (Å²) in [5, 5.41) is 1.66. The van der Waals surface area contributed by atoms with Crippen LogP contribution in [0.3, 0.4) is 0 Å². The first-order valence-electron chi connectivity index (χ1n) is 5.73. The fourth-order valence-electron chi connectivity index (χ4n) is 1.35. The van der Waals surface area contributed by atoms with E-state index in [1.54, 1.807) is 19.2 Å². The van der Waals surface area contributed by atoms with Gasteiger partial charge in [-0.3, -0.25) is 4.79 Å². The number of benzene rings is 1. The predicted molar refractivity (Wildman–Crippen MR) is 62.3 cm³/mol. The normalized spacial score (nSPS) is 12.7. The van der Waals surface area contributed by atoms with Crippen molar-refractivity contribution < 1.29 is 26.7 Å². The molecule has 1 aromatic carbocycles. The van der Waals surface area contributed by atoms with Crippen molar-refractivity contribution >= 4 is 11.6 Å². The Morgan fingerprint density at radius 2 is 1.40 bits per heavy atom. The summed E-state index contributed by atoms with van der Waals surface area (Å²) in [4.78, 5) is 11.5. The molecule has 0 saturated carbocycles. The Bertz CT molecular complexity index is 504.